The zero-order valence-electron chi connectivity index (χ0n) is 12.6. The van der Waals surface area contributed by atoms with E-state index in [4.69, 9.17) is 4.42 Å². The van der Waals surface area contributed by atoms with Crippen LogP contribution in [0, 0.1) is 0 Å². The molecule has 1 heteroatoms. The molecule has 0 N–H and O–H groups in total. The van der Waals surface area contributed by atoms with Gasteiger partial charge in [0.2, 0.25) is 0 Å². The minimum Gasteiger partial charge on any atom is -0.466 e. The third kappa shape index (κ3) is 2.85. The molecule has 2 atom stereocenters. The number of furan rings is 1. The average molecular weight is 288 g/mol. The summed E-state index contributed by atoms with van der Waals surface area (Å²) in [5, 5.41) is 0. The van der Waals surface area contributed by atoms with Crippen LogP contribution >= 0.6 is 0 Å². The first-order chi connectivity index (χ1) is 10.9. The SMILES string of the molecule is c1ccc(CCc2ccc([C@@H]3C[C@H]3c3ccccc3)o2)cc1. The molecule has 0 spiro atoms. The van der Waals surface area contributed by atoms with E-state index >= 15 is 0 Å². The summed E-state index contributed by atoms with van der Waals surface area (Å²) in [6, 6.07) is 25.7. The van der Waals surface area contributed by atoms with Crippen molar-refractivity contribution >= 4 is 0 Å². The fourth-order valence-electron chi connectivity index (χ4n) is 3.22. The van der Waals surface area contributed by atoms with Crippen LogP contribution in [-0.2, 0) is 12.8 Å². The van der Waals surface area contributed by atoms with Gasteiger partial charge in [-0.3, -0.25) is 0 Å². The quantitative estimate of drug-likeness (QED) is 0.618. The highest BCUT2D eigenvalue weighted by atomic mass is 16.3. The third-order valence-corrected chi connectivity index (χ3v) is 4.57. The molecule has 2 aromatic carbocycles. The Morgan fingerprint density at radius 1 is 0.727 bits per heavy atom. The maximum absolute atomic E-state index is 6.08. The predicted molar refractivity (Wildman–Crippen MR) is 89.1 cm³/mol. The minimum atomic E-state index is 0.577. The molecule has 0 amide bonds. The van der Waals surface area contributed by atoms with Crippen molar-refractivity contribution in [3.63, 3.8) is 0 Å². The van der Waals surface area contributed by atoms with Gasteiger partial charge in [0, 0.05) is 12.3 Å². The van der Waals surface area contributed by atoms with Crippen molar-refractivity contribution in [1.82, 2.24) is 0 Å². The summed E-state index contributed by atoms with van der Waals surface area (Å²) >= 11 is 0. The summed E-state index contributed by atoms with van der Waals surface area (Å²) in [7, 11) is 0. The van der Waals surface area contributed by atoms with Gasteiger partial charge in [0.1, 0.15) is 11.5 Å². The Morgan fingerprint density at radius 2 is 1.45 bits per heavy atom. The standard InChI is InChI=1S/C21H20O/c1-3-7-16(8-4-1)11-12-18-13-14-21(22-18)20-15-19(20)17-9-5-2-6-10-17/h1-10,13-14,19-20H,11-12,15H2/t19-,20+/m0/s1. The molecule has 1 nitrogen and oxygen atoms in total. The van der Waals surface area contributed by atoms with Crippen molar-refractivity contribution < 1.29 is 4.42 Å². The van der Waals surface area contributed by atoms with Crippen LogP contribution in [0.4, 0.5) is 0 Å². The van der Waals surface area contributed by atoms with Gasteiger partial charge in [-0.1, -0.05) is 60.7 Å². The first kappa shape index (κ1) is 13.4. The van der Waals surface area contributed by atoms with Crippen molar-refractivity contribution in [3.05, 3.63) is 95.4 Å². The molecule has 110 valence electrons. The second-order valence-electron chi connectivity index (χ2n) is 6.15. The third-order valence-electron chi connectivity index (χ3n) is 4.57. The topological polar surface area (TPSA) is 13.1 Å². The van der Waals surface area contributed by atoms with Crippen LogP contribution in [0.3, 0.4) is 0 Å². The van der Waals surface area contributed by atoms with Crippen LogP contribution in [0.25, 0.3) is 0 Å². The first-order valence-electron chi connectivity index (χ1n) is 8.07. The molecule has 1 aromatic heterocycles. The summed E-state index contributed by atoms with van der Waals surface area (Å²) in [6.45, 7) is 0. The minimum absolute atomic E-state index is 0.577. The van der Waals surface area contributed by atoms with Crippen molar-refractivity contribution in [3.8, 4) is 0 Å². The Hall–Kier alpha value is -2.28. The Morgan fingerprint density at radius 3 is 2.23 bits per heavy atom. The largest absolute Gasteiger partial charge is 0.466 e. The maximum atomic E-state index is 6.08. The van der Waals surface area contributed by atoms with Gasteiger partial charge in [0.25, 0.3) is 0 Å². The lowest BCUT2D eigenvalue weighted by Gasteiger charge is -2.00. The normalized spacial score (nSPS) is 20.0. The molecule has 1 fully saturated rings. The molecule has 22 heavy (non-hydrogen) atoms. The molecule has 1 saturated carbocycles. The van der Waals surface area contributed by atoms with E-state index < -0.39 is 0 Å². The Balaban J connectivity index is 1.39. The van der Waals surface area contributed by atoms with E-state index in [-0.39, 0.29) is 0 Å². The fraction of sp³-hybridized carbons (Fsp3) is 0.238. The Kier molecular flexibility index (Phi) is 3.56. The smallest absolute Gasteiger partial charge is 0.107 e. The summed E-state index contributed by atoms with van der Waals surface area (Å²) < 4.78 is 6.08. The van der Waals surface area contributed by atoms with Crippen molar-refractivity contribution in [2.75, 3.05) is 0 Å². The lowest BCUT2D eigenvalue weighted by atomic mass is 10.1. The van der Waals surface area contributed by atoms with Gasteiger partial charge < -0.3 is 4.42 Å². The van der Waals surface area contributed by atoms with Crippen molar-refractivity contribution in [1.29, 1.82) is 0 Å². The van der Waals surface area contributed by atoms with Crippen LogP contribution in [0.15, 0.2) is 77.2 Å². The van der Waals surface area contributed by atoms with Gasteiger partial charge in [-0.15, -0.1) is 0 Å². The van der Waals surface area contributed by atoms with E-state index in [1.165, 1.54) is 17.5 Å². The number of hydrogen-bond donors (Lipinski definition) is 0. The van der Waals surface area contributed by atoms with E-state index in [1.807, 2.05) is 0 Å². The molecule has 0 aliphatic heterocycles. The maximum Gasteiger partial charge on any atom is 0.107 e. The summed E-state index contributed by atoms with van der Waals surface area (Å²) in [6.07, 6.45) is 3.24. The predicted octanol–water partition coefficient (Wildman–Crippen LogP) is 5.34. The van der Waals surface area contributed by atoms with E-state index in [9.17, 15) is 0 Å². The van der Waals surface area contributed by atoms with Crippen LogP contribution in [0.5, 0.6) is 0 Å². The molecule has 0 saturated heterocycles. The van der Waals surface area contributed by atoms with Crippen molar-refractivity contribution in [2.24, 2.45) is 0 Å². The monoisotopic (exact) mass is 288 g/mol. The number of aryl methyl sites for hydroxylation is 2. The molecule has 0 radical (unpaired) electrons. The van der Waals surface area contributed by atoms with Crippen molar-refractivity contribution in [2.45, 2.75) is 31.1 Å². The van der Waals surface area contributed by atoms with Gasteiger partial charge in [0.05, 0.1) is 0 Å². The number of benzene rings is 2. The highest BCUT2D eigenvalue weighted by Gasteiger charge is 2.41. The summed E-state index contributed by atoms with van der Waals surface area (Å²) in [4.78, 5) is 0. The van der Waals surface area contributed by atoms with Gasteiger partial charge in [-0.25, -0.2) is 0 Å². The lowest BCUT2D eigenvalue weighted by Crippen LogP contribution is -1.88. The van der Waals surface area contributed by atoms with Gasteiger partial charge >= 0.3 is 0 Å². The lowest BCUT2D eigenvalue weighted by molar-refractivity contribution is 0.463. The van der Waals surface area contributed by atoms with E-state index in [2.05, 4.69) is 72.8 Å². The second-order valence-corrected chi connectivity index (χ2v) is 6.15. The molecular formula is C21H20O. The zero-order valence-corrected chi connectivity index (χ0v) is 12.6. The highest BCUT2D eigenvalue weighted by Crippen LogP contribution is 2.54. The number of rotatable bonds is 5. The molecule has 3 aromatic rings. The van der Waals surface area contributed by atoms with E-state index in [0.29, 0.717) is 11.8 Å². The van der Waals surface area contributed by atoms with E-state index in [0.717, 1.165) is 24.4 Å². The van der Waals surface area contributed by atoms with Crippen LogP contribution in [0.1, 0.15) is 40.9 Å². The number of hydrogen-bond acceptors (Lipinski definition) is 1. The molecule has 0 unspecified atom stereocenters. The Bertz CT molecular complexity index is 727. The van der Waals surface area contributed by atoms with Crippen LogP contribution in [0.2, 0.25) is 0 Å². The summed E-state index contributed by atoms with van der Waals surface area (Å²) in [5.41, 5.74) is 2.81. The fourth-order valence-corrected chi connectivity index (χ4v) is 3.22. The molecular weight excluding hydrogens is 268 g/mol. The van der Waals surface area contributed by atoms with Gasteiger partial charge in [0.15, 0.2) is 0 Å². The van der Waals surface area contributed by atoms with Gasteiger partial charge in [-0.05, 0) is 42.0 Å². The Labute approximate surface area is 131 Å². The van der Waals surface area contributed by atoms with E-state index in [1.54, 1.807) is 0 Å². The van der Waals surface area contributed by atoms with Crippen LogP contribution < -0.4 is 0 Å². The molecule has 1 aliphatic rings. The molecule has 1 aliphatic carbocycles. The zero-order chi connectivity index (χ0) is 14.8. The van der Waals surface area contributed by atoms with Gasteiger partial charge in [-0.2, -0.15) is 0 Å². The molecule has 1 heterocycles. The average Bonchev–Trinajstić information content (AvgIpc) is 3.25. The molecule has 0 bridgehead atoms. The molecule has 4 rings (SSSR count). The highest BCUT2D eigenvalue weighted by molar-refractivity contribution is 5.33. The first-order valence-corrected chi connectivity index (χ1v) is 8.07. The summed E-state index contributed by atoms with van der Waals surface area (Å²) in [5.74, 6) is 3.50. The second kappa shape index (κ2) is 5.84. The van der Waals surface area contributed by atoms with Crippen LogP contribution in [-0.4, -0.2) is 0 Å².